The SMILES string of the molecule is CCCC1(CNC(=O)c2ccncc2C#CCN)CC1. The summed E-state index contributed by atoms with van der Waals surface area (Å²) in [5.41, 5.74) is 6.93. The Kier molecular flexibility index (Phi) is 4.75. The van der Waals surface area contributed by atoms with E-state index >= 15 is 0 Å². The van der Waals surface area contributed by atoms with Crippen molar-refractivity contribution in [3.63, 3.8) is 0 Å². The highest BCUT2D eigenvalue weighted by molar-refractivity contribution is 5.96. The van der Waals surface area contributed by atoms with E-state index in [4.69, 9.17) is 5.73 Å². The summed E-state index contributed by atoms with van der Waals surface area (Å²) >= 11 is 0. The van der Waals surface area contributed by atoms with Gasteiger partial charge in [0.05, 0.1) is 17.7 Å². The second-order valence-corrected chi connectivity index (χ2v) is 5.36. The molecule has 0 spiro atoms. The van der Waals surface area contributed by atoms with Crippen molar-refractivity contribution in [1.82, 2.24) is 10.3 Å². The first kappa shape index (κ1) is 14.5. The van der Waals surface area contributed by atoms with Crippen LogP contribution in [0.1, 0.15) is 48.5 Å². The van der Waals surface area contributed by atoms with Crippen molar-refractivity contribution in [2.75, 3.05) is 13.1 Å². The van der Waals surface area contributed by atoms with Crippen LogP contribution < -0.4 is 11.1 Å². The maximum atomic E-state index is 12.3. The number of hydrogen-bond donors (Lipinski definition) is 2. The Morgan fingerprint density at radius 3 is 3.00 bits per heavy atom. The van der Waals surface area contributed by atoms with E-state index < -0.39 is 0 Å². The lowest BCUT2D eigenvalue weighted by atomic mass is 10.0. The van der Waals surface area contributed by atoms with Crippen molar-refractivity contribution < 1.29 is 4.79 Å². The molecule has 4 heteroatoms. The van der Waals surface area contributed by atoms with E-state index in [0.29, 0.717) is 16.5 Å². The molecule has 1 fully saturated rings. The molecule has 1 amide bonds. The first-order valence-corrected chi connectivity index (χ1v) is 7.12. The molecule has 0 unspecified atom stereocenters. The molecule has 0 radical (unpaired) electrons. The van der Waals surface area contributed by atoms with Crippen LogP contribution in [0.2, 0.25) is 0 Å². The van der Waals surface area contributed by atoms with E-state index in [1.54, 1.807) is 18.5 Å². The van der Waals surface area contributed by atoms with Gasteiger partial charge in [-0.15, -0.1) is 0 Å². The maximum absolute atomic E-state index is 12.3. The minimum atomic E-state index is -0.0731. The van der Waals surface area contributed by atoms with Gasteiger partial charge in [0.2, 0.25) is 0 Å². The highest BCUT2D eigenvalue weighted by atomic mass is 16.1. The van der Waals surface area contributed by atoms with Crippen LogP contribution in [0.15, 0.2) is 18.5 Å². The highest BCUT2D eigenvalue weighted by Gasteiger charge is 2.41. The van der Waals surface area contributed by atoms with Crippen molar-refractivity contribution in [3.05, 3.63) is 29.6 Å². The van der Waals surface area contributed by atoms with Crippen LogP contribution in [-0.2, 0) is 0 Å². The molecule has 0 aromatic carbocycles. The van der Waals surface area contributed by atoms with E-state index in [2.05, 4.69) is 29.1 Å². The number of nitrogens with zero attached hydrogens (tertiary/aromatic N) is 1. The van der Waals surface area contributed by atoms with Crippen LogP contribution >= 0.6 is 0 Å². The number of aromatic nitrogens is 1. The summed E-state index contributed by atoms with van der Waals surface area (Å²) in [6, 6.07) is 1.70. The number of carbonyl (C=O) groups is 1. The Morgan fingerprint density at radius 2 is 2.35 bits per heavy atom. The number of carbonyl (C=O) groups excluding carboxylic acids is 1. The molecule has 1 aliphatic carbocycles. The quantitative estimate of drug-likeness (QED) is 0.801. The van der Waals surface area contributed by atoms with E-state index in [0.717, 1.165) is 6.54 Å². The van der Waals surface area contributed by atoms with Gasteiger partial charge in [0.1, 0.15) is 0 Å². The lowest BCUT2D eigenvalue weighted by Gasteiger charge is -2.15. The third kappa shape index (κ3) is 3.58. The number of nitrogens with two attached hydrogens (primary N) is 1. The topological polar surface area (TPSA) is 68.0 Å². The van der Waals surface area contributed by atoms with Gasteiger partial charge in [-0.25, -0.2) is 0 Å². The zero-order valence-electron chi connectivity index (χ0n) is 11.9. The number of rotatable bonds is 5. The first-order chi connectivity index (χ1) is 9.71. The van der Waals surface area contributed by atoms with Gasteiger partial charge in [-0.05, 0) is 30.7 Å². The molecule has 1 aromatic heterocycles. The Hall–Kier alpha value is -1.86. The fourth-order valence-electron chi connectivity index (χ4n) is 2.42. The van der Waals surface area contributed by atoms with E-state index in [1.165, 1.54) is 25.7 Å². The molecule has 4 nitrogen and oxygen atoms in total. The fraction of sp³-hybridized carbons (Fsp3) is 0.500. The first-order valence-electron chi connectivity index (χ1n) is 7.12. The van der Waals surface area contributed by atoms with Crippen molar-refractivity contribution in [1.29, 1.82) is 0 Å². The summed E-state index contributed by atoms with van der Waals surface area (Å²) in [6.45, 7) is 3.21. The largest absolute Gasteiger partial charge is 0.351 e. The van der Waals surface area contributed by atoms with E-state index in [-0.39, 0.29) is 12.5 Å². The molecule has 1 heterocycles. The molecular formula is C16H21N3O. The monoisotopic (exact) mass is 271 g/mol. The Labute approximate surface area is 120 Å². The summed E-state index contributed by atoms with van der Waals surface area (Å²) in [7, 11) is 0. The van der Waals surface area contributed by atoms with E-state index in [1.807, 2.05) is 0 Å². The van der Waals surface area contributed by atoms with Crippen LogP contribution in [-0.4, -0.2) is 24.0 Å². The summed E-state index contributed by atoms with van der Waals surface area (Å²) in [5, 5.41) is 3.04. The van der Waals surface area contributed by atoms with Gasteiger partial charge >= 0.3 is 0 Å². The normalized spacial score (nSPS) is 15.1. The lowest BCUT2D eigenvalue weighted by molar-refractivity contribution is 0.0943. The second-order valence-electron chi connectivity index (χ2n) is 5.36. The van der Waals surface area contributed by atoms with Gasteiger partial charge in [-0.2, -0.15) is 0 Å². The molecular weight excluding hydrogens is 250 g/mol. The van der Waals surface area contributed by atoms with Crippen LogP contribution in [0.25, 0.3) is 0 Å². The van der Waals surface area contributed by atoms with Crippen molar-refractivity contribution in [2.45, 2.75) is 32.6 Å². The minimum Gasteiger partial charge on any atom is -0.351 e. The van der Waals surface area contributed by atoms with Crippen LogP contribution in [0.5, 0.6) is 0 Å². The standard InChI is InChI=1S/C16H21N3O/c1-2-6-16(7-8-16)12-19-15(20)14-5-10-18-11-13(14)4-3-9-17/h5,10-11H,2,6-9,12,17H2,1H3,(H,19,20). The average Bonchev–Trinajstić information content (AvgIpc) is 3.23. The molecule has 1 aromatic rings. The summed E-state index contributed by atoms with van der Waals surface area (Å²) in [6.07, 6.45) is 8.01. The molecule has 1 saturated carbocycles. The van der Waals surface area contributed by atoms with Gasteiger partial charge < -0.3 is 11.1 Å². The third-order valence-corrected chi connectivity index (χ3v) is 3.75. The summed E-state index contributed by atoms with van der Waals surface area (Å²) in [5.74, 6) is 5.58. The number of hydrogen-bond acceptors (Lipinski definition) is 3. The molecule has 0 atom stereocenters. The number of pyridine rings is 1. The van der Waals surface area contributed by atoms with Gasteiger partial charge in [-0.1, -0.05) is 25.2 Å². The van der Waals surface area contributed by atoms with Gasteiger partial charge in [0.15, 0.2) is 0 Å². The van der Waals surface area contributed by atoms with Gasteiger partial charge in [0.25, 0.3) is 5.91 Å². The average molecular weight is 271 g/mol. The molecule has 0 aliphatic heterocycles. The minimum absolute atomic E-state index is 0.0731. The predicted octanol–water partition coefficient (Wildman–Crippen LogP) is 1.70. The van der Waals surface area contributed by atoms with E-state index in [9.17, 15) is 4.79 Å². The zero-order valence-corrected chi connectivity index (χ0v) is 11.9. The van der Waals surface area contributed by atoms with Gasteiger partial charge in [-0.3, -0.25) is 9.78 Å². The van der Waals surface area contributed by atoms with Crippen molar-refractivity contribution in [2.24, 2.45) is 11.1 Å². The Bertz CT molecular complexity index is 538. The molecule has 2 rings (SSSR count). The number of amides is 1. The molecule has 1 aliphatic rings. The summed E-state index contributed by atoms with van der Waals surface area (Å²) < 4.78 is 0. The smallest absolute Gasteiger partial charge is 0.252 e. The van der Waals surface area contributed by atoms with Gasteiger partial charge in [0, 0.05) is 18.9 Å². The fourth-order valence-corrected chi connectivity index (χ4v) is 2.42. The maximum Gasteiger partial charge on any atom is 0.252 e. The lowest BCUT2D eigenvalue weighted by Crippen LogP contribution is -2.30. The second kappa shape index (κ2) is 6.53. The molecule has 0 bridgehead atoms. The predicted molar refractivity (Wildman–Crippen MR) is 79.1 cm³/mol. The summed E-state index contributed by atoms with van der Waals surface area (Å²) in [4.78, 5) is 16.3. The Balaban J connectivity index is 2.02. The van der Waals surface area contributed by atoms with Crippen LogP contribution in [0.4, 0.5) is 0 Å². The highest BCUT2D eigenvalue weighted by Crippen LogP contribution is 2.48. The zero-order chi connectivity index (χ0) is 14.4. The number of nitrogens with one attached hydrogen (secondary N) is 1. The molecule has 3 N–H and O–H groups in total. The third-order valence-electron chi connectivity index (χ3n) is 3.75. The molecule has 106 valence electrons. The van der Waals surface area contributed by atoms with Crippen molar-refractivity contribution in [3.8, 4) is 11.8 Å². The van der Waals surface area contributed by atoms with Crippen LogP contribution in [0, 0.1) is 17.3 Å². The van der Waals surface area contributed by atoms with Crippen LogP contribution in [0.3, 0.4) is 0 Å². The molecule has 20 heavy (non-hydrogen) atoms. The molecule has 0 saturated heterocycles. The Morgan fingerprint density at radius 1 is 1.55 bits per heavy atom. The van der Waals surface area contributed by atoms with Crippen molar-refractivity contribution >= 4 is 5.91 Å².